The van der Waals surface area contributed by atoms with Crippen molar-refractivity contribution in [1.29, 1.82) is 0 Å². The number of rotatable bonds is 4. The van der Waals surface area contributed by atoms with Gasteiger partial charge in [-0.05, 0) is 38.8 Å². The van der Waals surface area contributed by atoms with Crippen LogP contribution in [0.1, 0.15) is 37.9 Å². The zero-order chi connectivity index (χ0) is 16.2. The Balaban J connectivity index is 3.02. The van der Waals surface area contributed by atoms with Crippen LogP contribution >= 0.6 is 0 Å². The molecule has 6 nitrogen and oxygen atoms in total. The Hall–Kier alpha value is -2.08. The molecule has 3 N–H and O–H groups in total. The highest BCUT2D eigenvalue weighted by atomic mass is 16.6. The Labute approximate surface area is 123 Å². The smallest absolute Gasteiger partial charge is 0.408 e. The number of aliphatic hydroxyl groups is 1. The lowest BCUT2D eigenvalue weighted by Crippen LogP contribution is -2.42. The third kappa shape index (κ3) is 5.07. The van der Waals surface area contributed by atoms with E-state index in [9.17, 15) is 14.7 Å². The van der Waals surface area contributed by atoms with Crippen molar-refractivity contribution in [2.45, 2.75) is 45.4 Å². The topological polar surface area (TPSA) is 95.9 Å². The second-order valence-electron chi connectivity index (χ2n) is 5.76. The van der Waals surface area contributed by atoms with E-state index in [4.69, 9.17) is 9.84 Å². The maximum atomic E-state index is 11.8. The van der Waals surface area contributed by atoms with Gasteiger partial charge in [0.1, 0.15) is 5.60 Å². The highest BCUT2D eigenvalue weighted by Gasteiger charge is 2.31. The maximum absolute atomic E-state index is 11.8. The number of ether oxygens (including phenoxy) is 1. The van der Waals surface area contributed by atoms with Crippen molar-refractivity contribution in [2.75, 3.05) is 0 Å². The van der Waals surface area contributed by atoms with Crippen LogP contribution in [0.25, 0.3) is 0 Å². The van der Waals surface area contributed by atoms with E-state index < -0.39 is 29.8 Å². The quantitative estimate of drug-likeness (QED) is 0.789. The molecule has 6 heteroatoms. The lowest BCUT2D eigenvalue weighted by atomic mass is 9.97. The van der Waals surface area contributed by atoms with Crippen LogP contribution in [0, 0.1) is 6.92 Å². The number of benzene rings is 1. The van der Waals surface area contributed by atoms with Crippen LogP contribution in [-0.2, 0) is 9.53 Å². The minimum absolute atomic E-state index is 0.526. The summed E-state index contributed by atoms with van der Waals surface area (Å²) in [7, 11) is 0. The molecule has 0 bridgehead atoms. The van der Waals surface area contributed by atoms with Crippen molar-refractivity contribution in [2.24, 2.45) is 0 Å². The van der Waals surface area contributed by atoms with Gasteiger partial charge in [-0.3, -0.25) is 0 Å². The monoisotopic (exact) mass is 295 g/mol. The van der Waals surface area contributed by atoms with Gasteiger partial charge in [-0.2, -0.15) is 0 Å². The minimum Gasteiger partial charge on any atom is -0.479 e. The van der Waals surface area contributed by atoms with Crippen molar-refractivity contribution in [1.82, 2.24) is 5.32 Å². The fraction of sp³-hybridized carbons (Fsp3) is 0.467. The fourth-order valence-electron chi connectivity index (χ4n) is 1.84. The van der Waals surface area contributed by atoms with Crippen molar-refractivity contribution >= 4 is 12.1 Å². The van der Waals surface area contributed by atoms with Gasteiger partial charge in [0.2, 0.25) is 0 Å². The average molecular weight is 295 g/mol. The van der Waals surface area contributed by atoms with E-state index in [0.717, 1.165) is 5.56 Å². The standard InChI is InChI=1S/C15H21NO5/c1-9-7-5-6-8-10(9)11(12(17)13(18)19)16-14(20)21-15(2,3)4/h5-8,11-12,17H,1-4H3,(H,16,20)(H,18,19)/t11-,12-/m0/s1. The first-order chi connectivity index (χ1) is 9.61. The van der Waals surface area contributed by atoms with Crippen molar-refractivity contribution < 1.29 is 24.5 Å². The van der Waals surface area contributed by atoms with Crippen LogP contribution in [0.3, 0.4) is 0 Å². The Bertz CT molecular complexity index is 521. The Morgan fingerprint density at radius 3 is 2.29 bits per heavy atom. The predicted octanol–water partition coefficient (Wildman–Crippen LogP) is 2.01. The first-order valence-corrected chi connectivity index (χ1v) is 6.58. The number of aliphatic hydroxyl groups excluding tert-OH is 1. The Morgan fingerprint density at radius 1 is 1.24 bits per heavy atom. The van der Waals surface area contributed by atoms with E-state index >= 15 is 0 Å². The minimum atomic E-state index is -1.77. The number of carboxylic acid groups (broad SMARTS) is 1. The van der Waals surface area contributed by atoms with E-state index in [1.165, 1.54) is 0 Å². The summed E-state index contributed by atoms with van der Waals surface area (Å²) in [6.07, 6.45) is -2.55. The summed E-state index contributed by atoms with van der Waals surface area (Å²) in [6.45, 7) is 6.86. The second-order valence-corrected chi connectivity index (χ2v) is 5.76. The molecule has 0 saturated carbocycles. The molecule has 0 aliphatic rings. The number of carbonyl (C=O) groups is 2. The molecule has 2 atom stereocenters. The molecular formula is C15H21NO5. The molecule has 116 valence electrons. The van der Waals surface area contributed by atoms with Crippen LogP contribution in [0.2, 0.25) is 0 Å². The number of aliphatic carboxylic acids is 1. The molecule has 0 unspecified atom stereocenters. The molecule has 0 heterocycles. The molecule has 0 aliphatic carbocycles. The first-order valence-electron chi connectivity index (χ1n) is 6.58. The van der Waals surface area contributed by atoms with Gasteiger partial charge in [-0.1, -0.05) is 24.3 Å². The largest absolute Gasteiger partial charge is 0.479 e. The summed E-state index contributed by atoms with van der Waals surface area (Å²) in [5, 5.41) is 21.3. The predicted molar refractivity (Wildman–Crippen MR) is 76.9 cm³/mol. The van der Waals surface area contributed by atoms with Crippen molar-refractivity contribution in [3.05, 3.63) is 35.4 Å². The summed E-state index contributed by atoms with van der Waals surface area (Å²) in [5.74, 6) is -1.42. The summed E-state index contributed by atoms with van der Waals surface area (Å²) in [4.78, 5) is 22.9. The van der Waals surface area contributed by atoms with E-state index in [-0.39, 0.29) is 0 Å². The zero-order valence-electron chi connectivity index (χ0n) is 12.6. The van der Waals surface area contributed by atoms with Crippen LogP contribution in [0.4, 0.5) is 4.79 Å². The van der Waals surface area contributed by atoms with Gasteiger partial charge < -0.3 is 20.3 Å². The second kappa shape index (κ2) is 6.58. The van der Waals surface area contributed by atoms with Crippen LogP contribution < -0.4 is 5.32 Å². The van der Waals surface area contributed by atoms with E-state index in [2.05, 4.69) is 5.32 Å². The Morgan fingerprint density at radius 2 is 1.81 bits per heavy atom. The summed E-state index contributed by atoms with van der Waals surface area (Å²) in [6, 6.07) is 5.84. The molecule has 0 fully saturated rings. The van der Waals surface area contributed by atoms with Gasteiger partial charge in [0.25, 0.3) is 0 Å². The van der Waals surface area contributed by atoms with Gasteiger partial charge in [-0.15, -0.1) is 0 Å². The van der Waals surface area contributed by atoms with Crippen LogP contribution in [0.5, 0.6) is 0 Å². The number of hydrogen-bond acceptors (Lipinski definition) is 4. The zero-order valence-corrected chi connectivity index (χ0v) is 12.6. The molecule has 0 aromatic heterocycles. The van der Waals surface area contributed by atoms with Gasteiger partial charge in [0, 0.05) is 0 Å². The molecule has 0 saturated heterocycles. The SMILES string of the molecule is Cc1ccccc1[C@H](NC(=O)OC(C)(C)C)[C@H](O)C(=O)O. The number of alkyl carbamates (subject to hydrolysis) is 1. The van der Waals surface area contributed by atoms with Crippen LogP contribution in [0.15, 0.2) is 24.3 Å². The van der Waals surface area contributed by atoms with E-state index in [1.54, 1.807) is 52.0 Å². The number of carboxylic acids is 1. The molecular weight excluding hydrogens is 274 g/mol. The number of hydrogen-bond donors (Lipinski definition) is 3. The first kappa shape index (κ1) is 17.0. The molecule has 1 rings (SSSR count). The molecule has 1 aromatic carbocycles. The molecule has 0 aliphatic heterocycles. The molecule has 0 spiro atoms. The fourth-order valence-corrected chi connectivity index (χ4v) is 1.84. The molecule has 21 heavy (non-hydrogen) atoms. The molecule has 1 aromatic rings. The van der Waals surface area contributed by atoms with Crippen molar-refractivity contribution in [3.8, 4) is 0 Å². The third-order valence-electron chi connectivity index (χ3n) is 2.76. The van der Waals surface area contributed by atoms with E-state index in [0.29, 0.717) is 5.56 Å². The van der Waals surface area contributed by atoms with Crippen molar-refractivity contribution in [3.63, 3.8) is 0 Å². The summed E-state index contributed by atoms with van der Waals surface area (Å²) < 4.78 is 5.11. The lowest BCUT2D eigenvalue weighted by Gasteiger charge is -2.26. The van der Waals surface area contributed by atoms with E-state index in [1.807, 2.05) is 0 Å². The number of amides is 1. The van der Waals surface area contributed by atoms with Gasteiger partial charge in [-0.25, -0.2) is 9.59 Å². The number of carbonyl (C=O) groups excluding carboxylic acids is 1. The highest BCUT2D eigenvalue weighted by Crippen LogP contribution is 2.22. The lowest BCUT2D eigenvalue weighted by molar-refractivity contribution is -0.148. The number of aryl methyl sites for hydroxylation is 1. The van der Waals surface area contributed by atoms with Gasteiger partial charge in [0.05, 0.1) is 6.04 Å². The van der Waals surface area contributed by atoms with Crippen LogP contribution in [-0.4, -0.2) is 34.0 Å². The van der Waals surface area contributed by atoms with Gasteiger partial charge >= 0.3 is 12.1 Å². The Kier molecular flexibility index (Phi) is 5.32. The normalized spacial score (nSPS) is 14.1. The average Bonchev–Trinajstić information content (AvgIpc) is 2.34. The summed E-state index contributed by atoms with van der Waals surface area (Å²) in [5.41, 5.74) is 0.575. The molecule has 0 radical (unpaired) electrons. The maximum Gasteiger partial charge on any atom is 0.408 e. The summed E-state index contributed by atoms with van der Waals surface area (Å²) >= 11 is 0. The molecule has 1 amide bonds. The van der Waals surface area contributed by atoms with Gasteiger partial charge in [0.15, 0.2) is 6.10 Å². The highest BCUT2D eigenvalue weighted by molar-refractivity contribution is 5.76. The third-order valence-corrected chi connectivity index (χ3v) is 2.76. The number of nitrogens with one attached hydrogen (secondary N) is 1.